The molecule has 120 valence electrons. The van der Waals surface area contributed by atoms with E-state index in [1.807, 2.05) is 25.3 Å². The van der Waals surface area contributed by atoms with Gasteiger partial charge in [0.25, 0.3) is 0 Å². The number of alkyl halides is 3. The predicted octanol–water partition coefficient (Wildman–Crippen LogP) is 5.44. The van der Waals surface area contributed by atoms with Crippen LogP contribution in [0.4, 0.5) is 13.2 Å². The van der Waals surface area contributed by atoms with Crippen molar-refractivity contribution in [2.24, 2.45) is 0 Å². The number of hydrogen-bond donors (Lipinski definition) is 0. The van der Waals surface area contributed by atoms with Gasteiger partial charge in [0.05, 0.1) is 11.3 Å². The standard InChI is InChI=1S/C16H11F3O2S2/c1-7-9-3-4-22-14(9)8(2)10-5-12(23-15(7)10)11(20)6-13(21)16(17,18)19/h3-5H,6H2,1-2H3. The minimum Gasteiger partial charge on any atom is -0.293 e. The molecule has 0 saturated heterocycles. The van der Waals surface area contributed by atoms with E-state index in [2.05, 4.69) is 0 Å². The predicted molar refractivity (Wildman–Crippen MR) is 86.7 cm³/mol. The number of halogens is 3. The van der Waals surface area contributed by atoms with E-state index in [0.717, 1.165) is 42.6 Å². The number of Topliss-reactive ketones (excluding diaryl/α,β-unsaturated/α-hetero) is 2. The largest absolute Gasteiger partial charge is 0.450 e. The Kier molecular flexibility index (Phi) is 3.80. The van der Waals surface area contributed by atoms with Crippen molar-refractivity contribution in [3.05, 3.63) is 33.5 Å². The van der Waals surface area contributed by atoms with E-state index in [1.165, 1.54) is 0 Å². The van der Waals surface area contributed by atoms with Gasteiger partial charge in [-0.1, -0.05) is 0 Å². The zero-order valence-electron chi connectivity index (χ0n) is 12.2. The fraction of sp³-hybridized carbons (Fsp3) is 0.250. The van der Waals surface area contributed by atoms with Crippen molar-refractivity contribution in [3.8, 4) is 0 Å². The monoisotopic (exact) mass is 356 g/mol. The summed E-state index contributed by atoms with van der Waals surface area (Å²) < 4.78 is 38.9. The first-order chi connectivity index (χ1) is 10.7. The van der Waals surface area contributed by atoms with Crippen molar-refractivity contribution in [3.63, 3.8) is 0 Å². The number of thiophene rings is 2. The fourth-order valence-electron chi connectivity index (χ4n) is 2.56. The molecule has 2 nitrogen and oxygen atoms in total. The smallest absolute Gasteiger partial charge is 0.293 e. The van der Waals surface area contributed by atoms with Crippen molar-refractivity contribution in [1.82, 2.24) is 0 Å². The van der Waals surface area contributed by atoms with Crippen molar-refractivity contribution < 1.29 is 22.8 Å². The average molecular weight is 356 g/mol. The van der Waals surface area contributed by atoms with E-state index < -0.39 is 24.2 Å². The molecule has 0 saturated carbocycles. The van der Waals surface area contributed by atoms with Gasteiger partial charge in [-0.25, -0.2) is 0 Å². The number of aryl methyl sites for hydroxylation is 2. The van der Waals surface area contributed by atoms with Gasteiger partial charge in [-0.3, -0.25) is 9.59 Å². The Morgan fingerprint density at radius 2 is 1.74 bits per heavy atom. The molecule has 0 aliphatic heterocycles. The van der Waals surface area contributed by atoms with Crippen LogP contribution in [0, 0.1) is 13.8 Å². The lowest BCUT2D eigenvalue weighted by atomic mass is 10.0. The van der Waals surface area contributed by atoms with Gasteiger partial charge in [0.15, 0.2) is 5.78 Å². The molecule has 0 unspecified atom stereocenters. The van der Waals surface area contributed by atoms with E-state index >= 15 is 0 Å². The average Bonchev–Trinajstić information content (AvgIpc) is 3.11. The maximum absolute atomic E-state index is 12.3. The highest BCUT2D eigenvalue weighted by molar-refractivity contribution is 7.21. The number of ketones is 2. The Morgan fingerprint density at radius 1 is 1.09 bits per heavy atom. The molecule has 3 aromatic rings. The second-order valence-electron chi connectivity index (χ2n) is 5.29. The summed E-state index contributed by atoms with van der Waals surface area (Å²) in [4.78, 5) is 23.2. The number of carbonyl (C=O) groups excluding carboxylic acids is 2. The number of rotatable bonds is 3. The first kappa shape index (κ1) is 16.1. The molecule has 0 amide bonds. The van der Waals surface area contributed by atoms with Gasteiger partial charge < -0.3 is 0 Å². The van der Waals surface area contributed by atoms with Gasteiger partial charge in [0.1, 0.15) is 0 Å². The van der Waals surface area contributed by atoms with Gasteiger partial charge in [-0.2, -0.15) is 13.2 Å². The van der Waals surface area contributed by atoms with E-state index in [-0.39, 0.29) is 4.88 Å². The summed E-state index contributed by atoms with van der Waals surface area (Å²) in [6.07, 6.45) is -6.11. The highest BCUT2D eigenvalue weighted by Gasteiger charge is 2.39. The van der Waals surface area contributed by atoms with Crippen LogP contribution in [0.5, 0.6) is 0 Å². The molecular weight excluding hydrogens is 345 g/mol. The molecule has 0 bridgehead atoms. The van der Waals surface area contributed by atoms with E-state index in [4.69, 9.17) is 0 Å². The topological polar surface area (TPSA) is 34.1 Å². The SMILES string of the molecule is Cc1c2cc(C(=O)CC(=O)C(F)(F)F)sc2c(C)c2ccsc12. The second kappa shape index (κ2) is 5.42. The molecule has 0 aliphatic carbocycles. The van der Waals surface area contributed by atoms with Crippen LogP contribution in [0.2, 0.25) is 0 Å². The summed E-state index contributed by atoms with van der Waals surface area (Å²) in [5, 5.41) is 3.94. The molecule has 0 fully saturated rings. The third-order valence-corrected chi connectivity index (χ3v) is 6.13. The van der Waals surface area contributed by atoms with Crippen molar-refractivity contribution in [2.45, 2.75) is 26.4 Å². The highest BCUT2D eigenvalue weighted by atomic mass is 32.1. The molecule has 0 aliphatic rings. The fourth-order valence-corrected chi connectivity index (χ4v) is 4.70. The minimum absolute atomic E-state index is 0.196. The van der Waals surface area contributed by atoms with E-state index in [1.54, 1.807) is 17.4 Å². The Balaban J connectivity index is 2.07. The molecule has 23 heavy (non-hydrogen) atoms. The van der Waals surface area contributed by atoms with Crippen LogP contribution in [-0.2, 0) is 4.79 Å². The Bertz CT molecular complexity index is 894. The van der Waals surface area contributed by atoms with Gasteiger partial charge in [-0.15, -0.1) is 22.7 Å². The third-order valence-electron chi connectivity index (χ3n) is 3.80. The summed E-state index contributed by atoms with van der Waals surface area (Å²) in [5.41, 5.74) is 2.01. The number of hydrogen-bond acceptors (Lipinski definition) is 4. The van der Waals surface area contributed by atoms with Crippen LogP contribution < -0.4 is 0 Å². The Morgan fingerprint density at radius 3 is 2.39 bits per heavy atom. The number of carbonyl (C=O) groups is 2. The van der Waals surface area contributed by atoms with Crippen molar-refractivity contribution in [2.75, 3.05) is 0 Å². The molecule has 3 rings (SSSR count). The summed E-state index contributed by atoms with van der Waals surface area (Å²) in [6, 6.07) is 3.60. The maximum atomic E-state index is 12.3. The molecule has 2 aromatic heterocycles. The van der Waals surface area contributed by atoms with Gasteiger partial charge in [-0.05, 0) is 53.3 Å². The minimum atomic E-state index is -4.97. The van der Waals surface area contributed by atoms with Crippen LogP contribution in [-0.4, -0.2) is 17.7 Å². The van der Waals surface area contributed by atoms with Crippen LogP contribution >= 0.6 is 22.7 Å². The van der Waals surface area contributed by atoms with Gasteiger partial charge in [0.2, 0.25) is 5.78 Å². The zero-order chi connectivity index (χ0) is 16.9. The molecular formula is C16H11F3O2S2. The lowest BCUT2D eigenvalue weighted by Gasteiger charge is -2.03. The Labute approximate surface area is 137 Å². The summed E-state index contributed by atoms with van der Waals surface area (Å²) in [6.45, 7) is 3.87. The normalized spacial score (nSPS) is 12.2. The number of fused-ring (bicyclic) bond motifs is 2. The van der Waals surface area contributed by atoms with Gasteiger partial charge >= 0.3 is 6.18 Å². The van der Waals surface area contributed by atoms with Crippen LogP contribution in [0.25, 0.3) is 20.2 Å². The van der Waals surface area contributed by atoms with Crippen molar-refractivity contribution >= 4 is 54.4 Å². The second-order valence-corrected chi connectivity index (χ2v) is 7.26. The molecule has 1 aromatic carbocycles. The molecule has 0 spiro atoms. The third kappa shape index (κ3) is 2.68. The van der Waals surface area contributed by atoms with Crippen LogP contribution in [0.3, 0.4) is 0 Å². The molecule has 0 N–H and O–H groups in total. The quantitative estimate of drug-likeness (QED) is 0.463. The number of benzene rings is 1. The first-order valence-electron chi connectivity index (χ1n) is 6.73. The van der Waals surface area contributed by atoms with E-state index in [9.17, 15) is 22.8 Å². The Hall–Kier alpha value is -1.73. The molecule has 0 atom stereocenters. The van der Waals surface area contributed by atoms with E-state index in [0.29, 0.717) is 0 Å². The summed E-state index contributed by atoms with van der Waals surface area (Å²) >= 11 is 2.74. The molecule has 0 radical (unpaired) electrons. The van der Waals surface area contributed by atoms with Crippen LogP contribution in [0.15, 0.2) is 17.5 Å². The van der Waals surface area contributed by atoms with Crippen molar-refractivity contribution in [1.29, 1.82) is 0 Å². The highest BCUT2D eigenvalue weighted by Crippen LogP contribution is 2.39. The summed E-state index contributed by atoms with van der Waals surface area (Å²) in [5.74, 6) is -2.79. The first-order valence-corrected chi connectivity index (χ1v) is 8.43. The maximum Gasteiger partial charge on any atom is 0.450 e. The molecule has 2 heterocycles. The molecule has 7 heteroatoms. The summed E-state index contributed by atoms with van der Waals surface area (Å²) in [7, 11) is 0. The lowest BCUT2D eigenvalue weighted by molar-refractivity contribution is -0.170. The lowest BCUT2D eigenvalue weighted by Crippen LogP contribution is -2.25. The van der Waals surface area contributed by atoms with Crippen LogP contribution in [0.1, 0.15) is 27.2 Å². The zero-order valence-corrected chi connectivity index (χ0v) is 13.8. The van der Waals surface area contributed by atoms with Gasteiger partial charge in [0, 0.05) is 9.40 Å².